The molecule has 7 rings (SSSR count). The van der Waals surface area contributed by atoms with Crippen LogP contribution in [-0.4, -0.2) is 67.0 Å². The first-order valence-electron chi connectivity index (χ1n) is 10.5. The minimum Gasteiger partial charge on any atom is -0.330 e. The van der Waals surface area contributed by atoms with Gasteiger partial charge in [-0.25, -0.2) is 4.98 Å². The number of hydrogen-bond acceptors (Lipinski definition) is 5. The van der Waals surface area contributed by atoms with Crippen LogP contribution in [-0.2, 0) is 0 Å². The standard InChI is InChI=1S/C22H24N6O/c1-14-7-12-27-20(24-25-22(27)23-14)21(29)28-13-17(15-5-3-2-4-6-15)19-18(28)16-8-10-26(19)11-9-16/h2-7,12,16-19H,8-11,13H2,1H3/t17-,18+,19+/m1/s1. The van der Waals surface area contributed by atoms with Gasteiger partial charge in [-0.15, -0.1) is 10.2 Å². The van der Waals surface area contributed by atoms with Crippen LogP contribution in [0.3, 0.4) is 0 Å². The molecule has 1 aromatic carbocycles. The molecule has 1 amide bonds. The van der Waals surface area contributed by atoms with Crippen LogP contribution in [0.15, 0.2) is 42.6 Å². The lowest BCUT2D eigenvalue weighted by Crippen LogP contribution is -2.60. The molecule has 7 nitrogen and oxygen atoms in total. The Kier molecular flexibility index (Phi) is 3.74. The zero-order chi connectivity index (χ0) is 19.5. The van der Waals surface area contributed by atoms with Crippen molar-refractivity contribution in [3.63, 3.8) is 0 Å². The molecule has 0 spiro atoms. The maximum absolute atomic E-state index is 13.7. The monoisotopic (exact) mass is 388 g/mol. The number of aromatic nitrogens is 4. The molecular weight excluding hydrogens is 364 g/mol. The number of likely N-dealkylation sites (tertiary alicyclic amines) is 1. The summed E-state index contributed by atoms with van der Waals surface area (Å²) in [4.78, 5) is 22.8. The van der Waals surface area contributed by atoms with E-state index < -0.39 is 0 Å². The summed E-state index contributed by atoms with van der Waals surface area (Å²) in [6, 6.07) is 13.2. The van der Waals surface area contributed by atoms with Gasteiger partial charge in [0, 0.05) is 30.4 Å². The third-order valence-corrected chi connectivity index (χ3v) is 7.09. The van der Waals surface area contributed by atoms with E-state index in [1.807, 2.05) is 19.2 Å². The molecule has 4 aliphatic heterocycles. The van der Waals surface area contributed by atoms with Gasteiger partial charge in [-0.05, 0) is 50.4 Å². The van der Waals surface area contributed by atoms with Gasteiger partial charge in [0.05, 0.1) is 6.04 Å². The number of carbonyl (C=O) groups is 1. The van der Waals surface area contributed by atoms with Gasteiger partial charge in [0.25, 0.3) is 11.7 Å². The summed E-state index contributed by atoms with van der Waals surface area (Å²) in [5.41, 5.74) is 2.19. The number of benzene rings is 1. The quantitative estimate of drug-likeness (QED) is 0.673. The molecule has 0 radical (unpaired) electrons. The second-order valence-electron chi connectivity index (χ2n) is 8.59. The average molecular weight is 388 g/mol. The summed E-state index contributed by atoms with van der Waals surface area (Å²) in [6.07, 6.45) is 4.20. The third kappa shape index (κ3) is 2.53. The Morgan fingerprint density at radius 3 is 2.62 bits per heavy atom. The molecule has 7 heteroatoms. The number of nitrogens with zero attached hydrogens (tertiary/aromatic N) is 6. The molecule has 0 aliphatic carbocycles. The fourth-order valence-corrected chi connectivity index (χ4v) is 5.80. The lowest BCUT2D eigenvalue weighted by atomic mass is 9.75. The Morgan fingerprint density at radius 2 is 1.83 bits per heavy atom. The van der Waals surface area contributed by atoms with Crippen molar-refractivity contribution in [2.75, 3.05) is 19.6 Å². The van der Waals surface area contributed by atoms with Crippen LogP contribution >= 0.6 is 0 Å². The summed E-state index contributed by atoms with van der Waals surface area (Å²) in [5.74, 6) is 1.74. The molecule has 2 bridgehead atoms. The smallest absolute Gasteiger partial charge is 0.292 e. The number of rotatable bonds is 2. The zero-order valence-electron chi connectivity index (χ0n) is 16.5. The number of piperidine rings is 3. The Bertz CT molecular complexity index is 1070. The Balaban J connectivity index is 1.41. The molecule has 29 heavy (non-hydrogen) atoms. The van der Waals surface area contributed by atoms with Crippen LogP contribution < -0.4 is 0 Å². The van der Waals surface area contributed by atoms with E-state index in [4.69, 9.17) is 0 Å². The number of carbonyl (C=O) groups excluding carboxylic acids is 1. The lowest BCUT2D eigenvalue weighted by Gasteiger charge is -2.51. The van der Waals surface area contributed by atoms with E-state index in [1.54, 1.807) is 4.40 Å². The van der Waals surface area contributed by atoms with E-state index >= 15 is 0 Å². The SMILES string of the molecule is Cc1ccn2c(C(=O)N3C[C@H](c4ccccc4)[C@H]4[C@@H]3C3CCN4CC3)nnc2n1. The Labute approximate surface area is 169 Å². The van der Waals surface area contributed by atoms with Crippen molar-refractivity contribution in [1.82, 2.24) is 29.4 Å². The van der Waals surface area contributed by atoms with Crippen molar-refractivity contribution in [2.24, 2.45) is 5.92 Å². The summed E-state index contributed by atoms with van der Waals surface area (Å²) in [6.45, 7) is 4.95. The summed E-state index contributed by atoms with van der Waals surface area (Å²) in [5, 5.41) is 8.37. The van der Waals surface area contributed by atoms with Crippen molar-refractivity contribution in [1.29, 1.82) is 0 Å². The first-order chi connectivity index (χ1) is 14.2. The number of amides is 1. The molecule has 3 aromatic rings. The van der Waals surface area contributed by atoms with Crippen molar-refractivity contribution in [3.8, 4) is 0 Å². The van der Waals surface area contributed by atoms with Gasteiger partial charge in [0.15, 0.2) is 0 Å². The van der Waals surface area contributed by atoms with Crippen molar-refractivity contribution < 1.29 is 4.79 Å². The van der Waals surface area contributed by atoms with Crippen LogP contribution in [0.1, 0.15) is 40.6 Å². The second kappa shape index (κ2) is 6.35. The van der Waals surface area contributed by atoms with E-state index in [2.05, 4.69) is 55.3 Å². The summed E-state index contributed by atoms with van der Waals surface area (Å²) >= 11 is 0. The fraction of sp³-hybridized carbons (Fsp3) is 0.455. The third-order valence-electron chi connectivity index (χ3n) is 7.09. The zero-order valence-corrected chi connectivity index (χ0v) is 16.5. The van der Waals surface area contributed by atoms with E-state index in [-0.39, 0.29) is 11.9 Å². The van der Waals surface area contributed by atoms with Gasteiger partial charge in [-0.3, -0.25) is 14.1 Å². The van der Waals surface area contributed by atoms with E-state index in [0.717, 1.165) is 25.3 Å². The van der Waals surface area contributed by atoms with Gasteiger partial charge in [-0.1, -0.05) is 30.3 Å². The first kappa shape index (κ1) is 17.1. The van der Waals surface area contributed by atoms with E-state index in [0.29, 0.717) is 29.5 Å². The molecule has 4 saturated heterocycles. The highest BCUT2D eigenvalue weighted by molar-refractivity contribution is 5.92. The molecule has 4 fully saturated rings. The number of hydrogen-bond donors (Lipinski definition) is 0. The van der Waals surface area contributed by atoms with Crippen LogP contribution in [0.4, 0.5) is 0 Å². The van der Waals surface area contributed by atoms with Gasteiger partial charge in [-0.2, -0.15) is 0 Å². The molecule has 2 aromatic heterocycles. The summed E-state index contributed by atoms with van der Waals surface area (Å²) in [7, 11) is 0. The topological polar surface area (TPSA) is 66.6 Å². The van der Waals surface area contributed by atoms with E-state index in [9.17, 15) is 4.79 Å². The van der Waals surface area contributed by atoms with Gasteiger partial charge in [0.2, 0.25) is 5.82 Å². The maximum Gasteiger partial charge on any atom is 0.292 e. The predicted molar refractivity (Wildman–Crippen MR) is 108 cm³/mol. The molecule has 3 atom stereocenters. The average Bonchev–Trinajstić information content (AvgIpc) is 3.38. The molecular formula is C22H24N6O. The van der Waals surface area contributed by atoms with E-state index in [1.165, 1.54) is 18.4 Å². The molecule has 0 saturated carbocycles. The van der Waals surface area contributed by atoms with Gasteiger partial charge in [0.1, 0.15) is 0 Å². The van der Waals surface area contributed by atoms with Crippen LogP contribution in [0, 0.1) is 12.8 Å². The maximum atomic E-state index is 13.7. The molecule has 4 aliphatic rings. The van der Waals surface area contributed by atoms with Gasteiger partial charge >= 0.3 is 0 Å². The first-order valence-corrected chi connectivity index (χ1v) is 10.5. The van der Waals surface area contributed by atoms with Crippen molar-refractivity contribution in [2.45, 2.75) is 37.8 Å². The van der Waals surface area contributed by atoms with Crippen LogP contribution in [0.5, 0.6) is 0 Å². The number of aryl methyl sites for hydroxylation is 1. The summed E-state index contributed by atoms with van der Waals surface area (Å²) < 4.78 is 1.72. The second-order valence-corrected chi connectivity index (χ2v) is 8.59. The highest BCUT2D eigenvalue weighted by Crippen LogP contribution is 2.46. The Morgan fingerprint density at radius 1 is 1.03 bits per heavy atom. The van der Waals surface area contributed by atoms with Crippen LogP contribution in [0.25, 0.3) is 5.78 Å². The molecule has 148 valence electrons. The molecule has 6 heterocycles. The van der Waals surface area contributed by atoms with Crippen molar-refractivity contribution >= 4 is 11.7 Å². The lowest BCUT2D eigenvalue weighted by molar-refractivity contribution is -0.00381. The fourth-order valence-electron chi connectivity index (χ4n) is 5.80. The minimum atomic E-state index is -0.0228. The Hall–Kier alpha value is -2.80. The predicted octanol–water partition coefficient (Wildman–Crippen LogP) is 2.14. The molecule has 0 unspecified atom stereocenters. The molecule has 0 N–H and O–H groups in total. The normalized spacial score (nSPS) is 30.7. The van der Waals surface area contributed by atoms with Crippen molar-refractivity contribution in [3.05, 3.63) is 59.7 Å². The highest BCUT2D eigenvalue weighted by atomic mass is 16.2. The minimum absolute atomic E-state index is 0.0228. The highest BCUT2D eigenvalue weighted by Gasteiger charge is 2.55. The van der Waals surface area contributed by atoms with Gasteiger partial charge < -0.3 is 4.90 Å². The number of fused-ring (bicyclic) bond motifs is 3. The largest absolute Gasteiger partial charge is 0.330 e. The van der Waals surface area contributed by atoms with Crippen LogP contribution in [0.2, 0.25) is 0 Å².